The lowest BCUT2D eigenvalue weighted by Crippen LogP contribution is -2.31. The van der Waals surface area contributed by atoms with Crippen LogP contribution >= 0.6 is 11.3 Å². The van der Waals surface area contributed by atoms with E-state index in [1.54, 1.807) is 13.1 Å². The Kier molecular flexibility index (Phi) is 5.57. The van der Waals surface area contributed by atoms with E-state index in [9.17, 15) is 9.59 Å². The molecule has 6 nitrogen and oxygen atoms in total. The van der Waals surface area contributed by atoms with Gasteiger partial charge >= 0.3 is 5.97 Å². The number of hydrogen-bond donors (Lipinski definition) is 0. The molecule has 0 bridgehead atoms. The van der Waals surface area contributed by atoms with Crippen molar-refractivity contribution in [2.24, 2.45) is 0 Å². The molecule has 1 aromatic carbocycles. The van der Waals surface area contributed by atoms with Crippen molar-refractivity contribution in [2.75, 3.05) is 13.2 Å². The van der Waals surface area contributed by atoms with Crippen LogP contribution in [-0.2, 0) is 22.6 Å². The van der Waals surface area contributed by atoms with Crippen molar-refractivity contribution < 1.29 is 9.53 Å². The molecule has 0 atom stereocenters. The minimum absolute atomic E-state index is 0.114. The number of hydrogen-bond acceptors (Lipinski definition) is 6. The average Bonchev–Trinajstić information content (AvgIpc) is 3.05. The van der Waals surface area contributed by atoms with Crippen LogP contribution in [0.2, 0.25) is 0 Å². The third-order valence-corrected chi connectivity index (χ3v) is 4.41. The molecular weight excluding hydrogens is 338 g/mol. The molecule has 0 spiro atoms. The normalized spacial score (nSPS) is 11.1. The van der Waals surface area contributed by atoms with Gasteiger partial charge in [-0.15, -0.1) is 11.3 Å². The summed E-state index contributed by atoms with van der Waals surface area (Å²) in [7, 11) is 0. The van der Waals surface area contributed by atoms with Gasteiger partial charge in [0, 0.05) is 30.7 Å². The van der Waals surface area contributed by atoms with Gasteiger partial charge in [0.1, 0.15) is 0 Å². The van der Waals surface area contributed by atoms with Crippen molar-refractivity contribution in [2.45, 2.75) is 20.0 Å². The van der Waals surface area contributed by atoms with E-state index in [4.69, 9.17) is 4.74 Å². The summed E-state index contributed by atoms with van der Waals surface area (Å²) < 4.78 is 6.58. The number of carbonyl (C=O) groups excluding carboxylic acids is 1. The Morgan fingerprint density at radius 1 is 1.28 bits per heavy atom. The zero-order valence-electron chi connectivity index (χ0n) is 13.9. The van der Waals surface area contributed by atoms with Crippen LogP contribution in [0.5, 0.6) is 0 Å². The van der Waals surface area contributed by atoms with E-state index in [1.807, 2.05) is 40.6 Å². The van der Waals surface area contributed by atoms with Crippen LogP contribution in [0.1, 0.15) is 18.2 Å². The molecule has 2 aromatic heterocycles. The first-order chi connectivity index (χ1) is 12.2. The predicted octanol–water partition coefficient (Wildman–Crippen LogP) is 2.32. The van der Waals surface area contributed by atoms with E-state index in [0.29, 0.717) is 30.4 Å². The summed E-state index contributed by atoms with van der Waals surface area (Å²) in [6.07, 6.45) is 1.71. The van der Waals surface area contributed by atoms with Gasteiger partial charge in [0.15, 0.2) is 4.96 Å². The number of nitrogens with zero attached hydrogens (tertiary/aromatic N) is 3. The van der Waals surface area contributed by atoms with Gasteiger partial charge in [0.25, 0.3) is 5.56 Å². The van der Waals surface area contributed by atoms with Crippen LogP contribution in [0.3, 0.4) is 0 Å². The number of rotatable bonds is 7. The first-order valence-corrected chi connectivity index (χ1v) is 8.91. The highest BCUT2D eigenvalue weighted by molar-refractivity contribution is 7.15. The molecule has 0 saturated heterocycles. The molecule has 130 valence electrons. The van der Waals surface area contributed by atoms with Gasteiger partial charge in [0.2, 0.25) is 0 Å². The number of esters is 1. The predicted molar refractivity (Wildman–Crippen MR) is 96.5 cm³/mol. The Balaban J connectivity index is 1.81. The zero-order valence-corrected chi connectivity index (χ0v) is 14.7. The van der Waals surface area contributed by atoms with E-state index in [0.717, 1.165) is 5.56 Å². The summed E-state index contributed by atoms with van der Waals surface area (Å²) in [6, 6.07) is 11.4. The minimum Gasteiger partial charge on any atom is -0.465 e. The summed E-state index contributed by atoms with van der Waals surface area (Å²) in [5.74, 6) is -0.285. The fourth-order valence-electron chi connectivity index (χ4n) is 2.60. The Hall–Kier alpha value is -2.51. The van der Waals surface area contributed by atoms with E-state index in [1.165, 1.54) is 21.8 Å². The molecule has 0 amide bonds. The summed E-state index contributed by atoms with van der Waals surface area (Å²) in [6.45, 7) is 3.25. The van der Waals surface area contributed by atoms with Crippen LogP contribution in [0.15, 0.2) is 52.8 Å². The molecular formula is C18H19N3O3S. The molecule has 0 fully saturated rings. The standard InChI is InChI=1S/C18H19N3O3S/c1-2-24-17(23)13-20(11-14-6-4-3-5-7-14)12-15-10-16(22)21-8-9-25-18(21)19-15/h3-10H,2,11-13H2,1H3. The average molecular weight is 357 g/mol. The molecule has 0 saturated carbocycles. The SMILES string of the molecule is CCOC(=O)CN(Cc1ccccc1)Cc1cc(=O)n2ccsc2n1. The van der Waals surface area contributed by atoms with E-state index >= 15 is 0 Å². The summed E-state index contributed by atoms with van der Waals surface area (Å²) in [4.78, 5) is 31.2. The Labute approximate surface area is 149 Å². The van der Waals surface area contributed by atoms with E-state index in [-0.39, 0.29) is 18.1 Å². The topological polar surface area (TPSA) is 63.9 Å². The van der Waals surface area contributed by atoms with Gasteiger partial charge in [-0.2, -0.15) is 0 Å². The van der Waals surface area contributed by atoms with Gasteiger partial charge in [-0.1, -0.05) is 30.3 Å². The van der Waals surface area contributed by atoms with Crippen LogP contribution in [0, 0.1) is 0 Å². The van der Waals surface area contributed by atoms with Crippen LogP contribution in [-0.4, -0.2) is 33.4 Å². The fraction of sp³-hybridized carbons (Fsp3) is 0.278. The Bertz CT molecular complexity index is 905. The number of ether oxygens (including phenoxy) is 1. The maximum atomic E-state index is 12.1. The zero-order chi connectivity index (χ0) is 17.6. The van der Waals surface area contributed by atoms with Gasteiger partial charge < -0.3 is 4.74 Å². The van der Waals surface area contributed by atoms with Crippen molar-refractivity contribution >= 4 is 22.3 Å². The molecule has 2 heterocycles. The smallest absolute Gasteiger partial charge is 0.320 e. The molecule has 0 aliphatic carbocycles. The lowest BCUT2D eigenvalue weighted by molar-refractivity contribution is -0.144. The molecule has 0 aliphatic rings. The number of carbonyl (C=O) groups is 1. The maximum absolute atomic E-state index is 12.1. The number of aromatic nitrogens is 2. The van der Waals surface area contributed by atoms with Crippen molar-refractivity contribution in [3.8, 4) is 0 Å². The molecule has 0 radical (unpaired) electrons. The quantitative estimate of drug-likeness (QED) is 0.607. The Morgan fingerprint density at radius 3 is 2.84 bits per heavy atom. The van der Waals surface area contributed by atoms with E-state index < -0.39 is 0 Å². The van der Waals surface area contributed by atoms with Gasteiger partial charge in [0.05, 0.1) is 18.8 Å². The van der Waals surface area contributed by atoms with Crippen molar-refractivity contribution in [1.82, 2.24) is 14.3 Å². The summed E-state index contributed by atoms with van der Waals surface area (Å²) in [5, 5.41) is 1.83. The van der Waals surface area contributed by atoms with Crippen molar-refractivity contribution in [1.29, 1.82) is 0 Å². The highest BCUT2D eigenvalue weighted by Crippen LogP contribution is 2.11. The van der Waals surface area contributed by atoms with Crippen LogP contribution in [0.25, 0.3) is 4.96 Å². The maximum Gasteiger partial charge on any atom is 0.320 e. The molecule has 3 aromatic rings. The second kappa shape index (κ2) is 8.04. The molecule has 25 heavy (non-hydrogen) atoms. The largest absolute Gasteiger partial charge is 0.465 e. The summed E-state index contributed by atoms with van der Waals surface area (Å²) >= 11 is 1.41. The van der Waals surface area contributed by atoms with E-state index in [2.05, 4.69) is 4.98 Å². The third kappa shape index (κ3) is 4.52. The van der Waals surface area contributed by atoms with Gasteiger partial charge in [-0.3, -0.25) is 18.9 Å². The Morgan fingerprint density at radius 2 is 2.08 bits per heavy atom. The molecule has 0 aliphatic heterocycles. The highest BCUT2D eigenvalue weighted by Gasteiger charge is 2.15. The number of fused-ring (bicyclic) bond motifs is 1. The van der Waals surface area contributed by atoms with Crippen molar-refractivity contribution in [3.63, 3.8) is 0 Å². The van der Waals surface area contributed by atoms with Crippen molar-refractivity contribution in [3.05, 3.63) is 69.6 Å². The monoisotopic (exact) mass is 357 g/mol. The fourth-order valence-corrected chi connectivity index (χ4v) is 3.34. The lowest BCUT2D eigenvalue weighted by atomic mass is 10.2. The first-order valence-electron chi connectivity index (χ1n) is 8.03. The second-order valence-electron chi connectivity index (χ2n) is 5.58. The summed E-state index contributed by atoms with van der Waals surface area (Å²) in [5.41, 5.74) is 1.62. The number of benzene rings is 1. The number of thiazole rings is 1. The molecule has 3 rings (SSSR count). The van der Waals surface area contributed by atoms with Crippen LogP contribution in [0.4, 0.5) is 0 Å². The molecule has 7 heteroatoms. The van der Waals surface area contributed by atoms with Crippen LogP contribution < -0.4 is 5.56 Å². The van der Waals surface area contributed by atoms with Gasteiger partial charge in [-0.05, 0) is 12.5 Å². The first kappa shape index (κ1) is 17.3. The van der Waals surface area contributed by atoms with Gasteiger partial charge in [-0.25, -0.2) is 4.98 Å². The molecule has 0 N–H and O–H groups in total. The second-order valence-corrected chi connectivity index (χ2v) is 6.45. The lowest BCUT2D eigenvalue weighted by Gasteiger charge is -2.21. The highest BCUT2D eigenvalue weighted by atomic mass is 32.1. The minimum atomic E-state index is -0.285. The molecule has 0 unspecified atom stereocenters. The third-order valence-electron chi connectivity index (χ3n) is 3.65.